The van der Waals surface area contributed by atoms with Gasteiger partial charge in [-0.15, -0.1) is 0 Å². The molecule has 1 aromatic heterocycles. The van der Waals surface area contributed by atoms with Gasteiger partial charge in [0.15, 0.2) is 0 Å². The molecule has 1 aromatic rings. The molecule has 1 aliphatic heterocycles. The zero-order valence-electron chi connectivity index (χ0n) is 13.3. The van der Waals surface area contributed by atoms with E-state index in [-0.39, 0.29) is 5.92 Å². The van der Waals surface area contributed by atoms with Gasteiger partial charge in [0.1, 0.15) is 0 Å². The topological polar surface area (TPSA) is 45.2 Å². The average Bonchev–Trinajstić information content (AvgIpc) is 2.96. The number of aromatic nitrogens is 1. The molecule has 2 fully saturated rings. The molecule has 0 bridgehead atoms. The van der Waals surface area contributed by atoms with E-state index in [4.69, 9.17) is 0 Å². The summed E-state index contributed by atoms with van der Waals surface area (Å²) in [6.45, 7) is 2.76. The number of nitrogens with zero attached hydrogens (tertiary/aromatic N) is 2. The van der Waals surface area contributed by atoms with Gasteiger partial charge in [-0.1, -0.05) is 18.9 Å². The van der Waals surface area contributed by atoms with Gasteiger partial charge < -0.3 is 10.2 Å². The quantitative estimate of drug-likeness (QED) is 0.930. The molecule has 1 amide bonds. The molecule has 1 saturated heterocycles. The average molecular weight is 301 g/mol. The Morgan fingerprint density at radius 2 is 2.00 bits per heavy atom. The largest absolute Gasteiger partial charge is 0.334 e. The van der Waals surface area contributed by atoms with Crippen LogP contribution < -0.4 is 5.32 Å². The van der Waals surface area contributed by atoms with Crippen LogP contribution in [0.3, 0.4) is 0 Å². The first-order chi connectivity index (χ1) is 10.8. The van der Waals surface area contributed by atoms with Gasteiger partial charge in [0, 0.05) is 18.2 Å². The number of rotatable bonds is 4. The number of hydrogen-bond donors (Lipinski definition) is 1. The zero-order valence-corrected chi connectivity index (χ0v) is 13.3. The minimum atomic E-state index is 0.250. The second-order valence-electron chi connectivity index (χ2n) is 6.60. The second kappa shape index (κ2) is 7.73. The van der Waals surface area contributed by atoms with E-state index in [9.17, 15) is 4.79 Å². The summed E-state index contributed by atoms with van der Waals surface area (Å²) in [5.74, 6) is 0.620. The van der Waals surface area contributed by atoms with Crippen LogP contribution in [0.15, 0.2) is 24.4 Å². The summed E-state index contributed by atoms with van der Waals surface area (Å²) in [6.07, 6.45) is 9.71. The Kier molecular flexibility index (Phi) is 5.43. The van der Waals surface area contributed by atoms with Crippen molar-refractivity contribution in [3.8, 4) is 0 Å². The third kappa shape index (κ3) is 3.86. The van der Waals surface area contributed by atoms with Crippen LogP contribution in [0.2, 0.25) is 0 Å². The van der Waals surface area contributed by atoms with Crippen molar-refractivity contribution in [3.05, 3.63) is 30.1 Å². The monoisotopic (exact) mass is 301 g/mol. The minimum absolute atomic E-state index is 0.250. The Morgan fingerprint density at radius 3 is 2.77 bits per heavy atom. The highest BCUT2D eigenvalue weighted by Crippen LogP contribution is 2.29. The molecule has 4 heteroatoms. The van der Waals surface area contributed by atoms with Crippen LogP contribution in [0, 0.1) is 5.92 Å². The highest BCUT2D eigenvalue weighted by molar-refractivity contribution is 5.79. The van der Waals surface area contributed by atoms with E-state index < -0.39 is 0 Å². The molecule has 1 unspecified atom stereocenters. The van der Waals surface area contributed by atoms with E-state index in [1.54, 1.807) is 0 Å². The fourth-order valence-corrected chi connectivity index (χ4v) is 3.77. The maximum absolute atomic E-state index is 13.0. The zero-order chi connectivity index (χ0) is 15.2. The Labute approximate surface area is 133 Å². The van der Waals surface area contributed by atoms with Gasteiger partial charge in [0.2, 0.25) is 5.91 Å². The Balaban J connectivity index is 1.75. The summed E-state index contributed by atoms with van der Waals surface area (Å²) in [6, 6.07) is 6.34. The highest BCUT2D eigenvalue weighted by atomic mass is 16.2. The van der Waals surface area contributed by atoms with Crippen molar-refractivity contribution >= 4 is 5.91 Å². The fourth-order valence-electron chi connectivity index (χ4n) is 3.77. The summed E-state index contributed by atoms with van der Waals surface area (Å²) in [4.78, 5) is 19.6. The van der Waals surface area contributed by atoms with Gasteiger partial charge in [-0.2, -0.15) is 0 Å². The molecule has 22 heavy (non-hydrogen) atoms. The molecule has 0 radical (unpaired) electrons. The Bertz CT molecular complexity index is 462. The molecule has 0 spiro atoms. The van der Waals surface area contributed by atoms with Crippen molar-refractivity contribution < 1.29 is 4.79 Å². The van der Waals surface area contributed by atoms with Crippen LogP contribution in [0.5, 0.6) is 0 Å². The predicted octanol–water partition coefficient (Wildman–Crippen LogP) is 2.74. The van der Waals surface area contributed by atoms with Crippen LogP contribution >= 0.6 is 0 Å². The molecule has 120 valence electrons. The third-order valence-electron chi connectivity index (χ3n) is 5.03. The van der Waals surface area contributed by atoms with Gasteiger partial charge in [-0.25, -0.2) is 0 Å². The normalized spacial score (nSPS) is 23.2. The SMILES string of the molecule is O=C(C1CCCC1)N(Cc1ccccn1)C1CCCNCC1. The van der Waals surface area contributed by atoms with Gasteiger partial charge >= 0.3 is 0 Å². The summed E-state index contributed by atoms with van der Waals surface area (Å²) in [5, 5.41) is 3.45. The van der Waals surface area contributed by atoms with E-state index in [1.807, 2.05) is 24.4 Å². The molecule has 1 atom stereocenters. The molecular weight excluding hydrogens is 274 g/mol. The van der Waals surface area contributed by atoms with E-state index in [1.165, 1.54) is 12.8 Å². The van der Waals surface area contributed by atoms with Crippen molar-refractivity contribution in [1.82, 2.24) is 15.2 Å². The second-order valence-corrected chi connectivity index (χ2v) is 6.60. The first-order valence-electron chi connectivity index (χ1n) is 8.75. The Morgan fingerprint density at radius 1 is 1.14 bits per heavy atom. The van der Waals surface area contributed by atoms with Gasteiger partial charge in [0.25, 0.3) is 0 Å². The van der Waals surface area contributed by atoms with Crippen molar-refractivity contribution in [2.45, 2.75) is 57.5 Å². The molecule has 2 heterocycles. The number of carbonyl (C=O) groups excluding carboxylic acids is 1. The van der Waals surface area contributed by atoms with Crippen molar-refractivity contribution in [3.63, 3.8) is 0 Å². The van der Waals surface area contributed by atoms with E-state index in [0.717, 1.165) is 50.9 Å². The van der Waals surface area contributed by atoms with Crippen LogP contribution in [-0.4, -0.2) is 34.9 Å². The lowest BCUT2D eigenvalue weighted by molar-refractivity contribution is -0.138. The van der Waals surface area contributed by atoms with E-state index >= 15 is 0 Å². The maximum atomic E-state index is 13.0. The standard InChI is InChI=1S/C18H27N3O/c22-18(15-6-1-2-7-15)21(14-16-8-3-4-12-20-16)17-9-5-11-19-13-10-17/h3-4,8,12,15,17,19H,1-2,5-7,9-11,13-14H2. The first-order valence-corrected chi connectivity index (χ1v) is 8.75. The molecule has 0 aromatic carbocycles. The van der Waals surface area contributed by atoms with Crippen LogP contribution in [0.1, 0.15) is 50.6 Å². The number of carbonyl (C=O) groups is 1. The molecule has 1 N–H and O–H groups in total. The molecule has 3 rings (SSSR count). The van der Waals surface area contributed by atoms with Crippen molar-refractivity contribution in [1.29, 1.82) is 0 Å². The molecule has 2 aliphatic rings. The number of amides is 1. The maximum Gasteiger partial charge on any atom is 0.226 e. The Hall–Kier alpha value is -1.42. The van der Waals surface area contributed by atoms with Gasteiger partial charge in [0.05, 0.1) is 12.2 Å². The van der Waals surface area contributed by atoms with Crippen LogP contribution in [-0.2, 0) is 11.3 Å². The van der Waals surface area contributed by atoms with Crippen molar-refractivity contribution in [2.75, 3.05) is 13.1 Å². The first kappa shape index (κ1) is 15.5. The molecule has 1 saturated carbocycles. The molecule has 4 nitrogen and oxygen atoms in total. The number of pyridine rings is 1. The van der Waals surface area contributed by atoms with Crippen molar-refractivity contribution in [2.24, 2.45) is 5.92 Å². The summed E-state index contributed by atoms with van der Waals surface area (Å²) < 4.78 is 0. The molecular formula is C18H27N3O. The number of hydrogen-bond acceptors (Lipinski definition) is 3. The highest BCUT2D eigenvalue weighted by Gasteiger charge is 2.31. The lowest BCUT2D eigenvalue weighted by Crippen LogP contribution is -2.43. The summed E-state index contributed by atoms with van der Waals surface area (Å²) >= 11 is 0. The lowest BCUT2D eigenvalue weighted by atomic mass is 10.0. The van der Waals surface area contributed by atoms with E-state index in [0.29, 0.717) is 18.5 Å². The third-order valence-corrected chi connectivity index (χ3v) is 5.03. The minimum Gasteiger partial charge on any atom is -0.334 e. The van der Waals surface area contributed by atoms with Crippen LogP contribution in [0.25, 0.3) is 0 Å². The fraction of sp³-hybridized carbons (Fsp3) is 0.667. The van der Waals surface area contributed by atoms with Gasteiger partial charge in [-0.3, -0.25) is 9.78 Å². The smallest absolute Gasteiger partial charge is 0.226 e. The van der Waals surface area contributed by atoms with Gasteiger partial charge in [-0.05, 0) is 57.3 Å². The summed E-state index contributed by atoms with van der Waals surface area (Å²) in [7, 11) is 0. The van der Waals surface area contributed by atoms with Crippen LogP contribution in [0.4, 0.5) is 0 Å². The molecule has 1 aliphatic carbocycles. The van der Waals surface area contributed by atoms with E-state index in [2.05, 4.69) is 15.2 Å². The predicted molar refractivity (Wildman–Crippen MR) is 87.3 cm³/mol. The lowest BCUT2D eigenvalue weighted by Gasteiger charge is -2.33. The summed E-state index contributed by atoms with van der Waals surface area (Å²) in [5.41, 5.74) is 1.01. The number of nitrogens with one attached hydrogen (secondary N) is 1.